The predicted molar refractivity (Wildman–Crippen MR) is 121 cm³/mol. The van der Waals surface area contributed by atoms with Gasteiger partial charge >= 0.3 is 0 Å². The largest absolute Gasteiger partial charge is 0.494 e. The van der Waals surface area contributed by atoms with Gasteiger partial charge in [0.2, 0.25) is 5.95 Å². The summed E-state index contributed by atoms with van der Waals surface area (Å²) in [4.78, 5) is 11.2. The maximum atomic E-state index is 5.47. The number of hydrogen-bond donors (Lipinski definition) is 2. The Balaban J connectivity index is 1.71. The van der Waals surface area contributed by atoms with Gasteiger partial charge in [-0.05, 0) is 81.8 Å². The number of nitrogens with zero attached hydrogens (tertiary/aromatic N) is 3. The summed E-state index contributed by atoms with van der Waals surface area (Å²) in [6, 6.07) is 16.1. The lowest BCUT2D eigenvalue weighted by atomic mass is 10.1. The fraction of sp³-hybridized carbons (Fsp3) is 0.304. The molecule has 3 aromatic rings. The molecule has 0 amide bonds. The molecule has 0 aliphatic carbocycles. The van der Waals surface area contributed by atoms with Crippen molar-refractivity contribution in [2.75, 3.05) is 35.2 Å². The van der Waals surface area contributed by atoms with Crippen molar-refractivity contribution in [3.63, 3.8) is 0 Å². The highest BCUT2D eigenvalue weighted by atomic mass is 16.5. The molecule has 0 saturated carbocycles. The van der Waals surface area contributed by atoms with Crippen LogP contribution in [0.1, 0.15) is 26.3 Å². The zero-order chi connectivity index (χ0) is 20.6. The lowest BCUT2D eigenvalue weighted by Crippen LogP contribution is -2.21. The standard InChI is InChI=1S/C23H29N5O/c1-5-28(6-2)19-10-13-21(17(4)16-19)26-22-14-15-24-23(27-22)25-18-8-11-20(12-9-18)29-7-3/h8-16H,5-7H2,1-4H3,(H2,24,25,26,27). The molecule has 0 saturated heterocycles. The highest BCUT2D eigenvalue weighted by molar-refractivity contribution is 5.66. The van der Waals surface area contributed by atoms with Crippen molar-refractivity contribution >= 4 is 28.8 Å². The van der Waals surface area contributed by atoms with E-state index in [-0.39, 0.29) is 0 Å². The van der Waals surface area contributed by atoms with E-state index in [2.05, 4.69) is 64.5 Å². The Bertz CT molecular complexity index is 923. The van der Waals surface area contributed by atoms with E-state index in [1.807, 2.05) is 37.3 Å². The van der Waals surface area contributed by atoms with Crippen molar-refractivity contribution in [1.82, 2.24) is 9.97 Å². The molecule has 0 atom stereocenters. The van der Waals surface area contributed by atoms with E-state index in [9.17, 15) is 0 Å². The normalized spacial score (nSPS) is 10.5. The van der Waals surface area contributed by atoms with Gasteiger partial charge in [0.15, 0.2) is 0 Å². The van der Waals surface area contributed by atoms with Crippen LogP contribution in [0.4, 0.5) is 28.8 Å². The van der Waals surface area contributed by atoms with Crippen LogP contribution in [0.2, 0.25) is 0 Å². The van der Waals surface area contributed by atoms with Gasteiger partial charge in [-0.3, -0.25) is 0 Å². The molecule has 0 fully saturated rings. The van der Waals surface area contributed by atoms with Crippen molar-refractivity contribution < 1.29 is 4.74 Å². The van der Waals surface area contributed by atoms with Gasteiger partial charge in [0.1, 0.15) is 11.6 Å². The zero-order valence-electron chi connectivity index (χ0n) is 17.6. The van der Waals surface area contributed by atoms with E-state index in [1.165, 1.54) is 11.3 Å². The summed E-state index contributed by atoms with van der Waals surface area (Å²) in [7, 11) is 0. The fourth-order valence-electron chi connectivity index (χ4n) is 3.13. The van der Waals surface area contributed by atoms with Gasteiger partial charge in [-0.15, -0.1) is 0 Å². The number of hydrogen-bond acceptors (Lipinski definition) is 6. The van der Waals surface area contributed by atoms with E-state index in [0.29, 0.717) is 12.6 Å². The molecule has 0 spiro atoms. The second-order valence-electron chi connectivity index (χ2n) is 6.64. The summed E-state index contributed by atoms with van der Waals surface area (Å²) in [6.07, 6.45) is 1.74. The first-order valence-corrected chi connectivity index (χ1v) is 10.1. The van der Waals surface area contributed by atoms with E-state index in [0.717, 1.165) is 36.0 Å². The molecule has 0 bridgehead atoms. The summed E-state index contributed by atoms with van der Waals surface area (Å²) in [5.41, 5.74) is 4.35. The summed E-state index contributed by atoms with van der Waals surface area (Å²) >= 11 is 0. The lowest BCUT2D eigenvalue weighted by molar-refractivity contribution is 0.340. The molecule has 1 aromatic heterocycles. The number of rotatable bonds is 9. The molecule has 6 nitrogen and oxygen atoms in total. The molecular weight excluding hydrogens is 362 g/mol. The quantitative estimate of drug-likeness (QED) is 0.501. The second kappa shape index (κ2) is 9.78. The van der Waals surface area contributed by atoms with Crippen LogP contribution in [0.3, 0.4) is 0 Å². The zero-order valence-corrected chi connectivity index (χ0v) is 17.6. The molecule has 2 aromatic carbocycles. The molecule has 3 rings (SSSR count). The minimum absolute atomic E-state index is 0.538. The van der Waals surface area contributed by atoms with Crippen molar-refractivity contribution in [3.8, 4) is 5.75 Å². The van der Waals surface area contributed by atoms with Crippen molar-refractivity contribution in [1.29, 1.82) is 0 Å². The van der Waals surface area contributed by atoms with Crippen LogP contribution in [0.5, 0.6) is 5.75 Å². The Morgan fingerprint density at radius 1 is 0.931 bits per heavy atom. The van der Waals surface area contributed by atoms with Gasteiger partial charge in [0.05, 0.1) is 6.61 Å². The van der Waals surface area contributed by atoms with Gasteiger partial charge in [-0.1, -0.05) is 0 Å². The SMILES string of the molecule is CCOc1ccc(Nc2nccc(Nc3ccc(N(CC)CC)cc3C)n2)cc1. The van der Waals surface area contributed by atoms with Crippen molar-refractivity contribution in [2.24, 2.45) is 0 Å². The van der Waals surface area contributed by atoms with E-state index in [4.69, 9.17) is 4.74 Å². The summed E-state index contributed by atoms with van der Waals surface area (Å²) in [6.45, 7) is 11.1. The molecular formula is C23H29N5O. The summed E-state index contributed by atoms with van der Waals surface area (Å²) < 4.78 is 5.47. The smallest absolute Gasteiger partial charge is 0.229 e. The monoisotopic (exact) mass is 391 g/mol. The van der Waals surface area contributed by atoms with Gasteiger partial charge in [0, 0.05) is 36.3 Å². The molecule has 29 heavy (non-hydrogen) atoms. The van der Waals surface area contributed by atoms with Crippen molar-refractivity contribution in [3.05, 3.63) is 60.3 Å². The van der Waals surface area contributed by atoms with Crippen LogP contribution in [0, 0.1) is 6.92 Å². The van der Waals surface area contributed by atoms with E-state index >= 15 is 0 Å². The minimum atomic E-state index is 0.538. The lowest BCUT2D eigenvalue weighted by Gasteiger charge is -2.22. The van der Waals surface area contributed by atoms with Crippen LogP contribution in [0.15, 0.2) is 54.7 Å². The second-order valence-corrected chi connectivity index (χ2v) is 6.64. The average Bonchev–Trinajstić information content (AvgIpc) is 2.73. The highest BCUT2D eigenvalue weighted by Gasteiger charge is 2.07. The van der Waals surface area contributed by atoms with Gasteiger partial charge < -0.3 is 20.3 Å². The average molecular weight is 392 g/mol. The number of nitrogens with one attached hydrogen (secondary N) is 2. The molecule has 6 heteroatoms. The van der Waals surface area contributed by atoms with Gasteiger partial charge in [-0.25, -0.2) is 4.98 Å². The molecule has 2 N–H and O–H groups in total. The highest BCUT2D eigenvalue weighted by Crippen LogP contribution is 2.25. The van der Waals surface area contributed by atoms with Crippen LogP contribution < -0.4 is 20.3 Å². The molecule has 0 aliphatic heterocycles. The Kier molecular flexibility index (Phi) is 6.89. The Morgan fingerprint density at radius 3 is 2.34 bits per heavy atom. The number of aromatic nitrogens is 2. The summed E-state index contributed by atoms with van der Waals surface area (Å²) in [5.74, 6) is 2.13. The van der Waals surface area contributed by atoms with Crippen LogP contribution >= 0.6 is 0 Å². The van der Waals surface area contributed by atoms with Crippen LogP contribution in [-0.2, 0) is 0 Å². The third-order valence-electron chi connectivity index (χ3n) is 4.68. The Hall–Kier alpha value is -3.28. The predicted octanol–water partition coefficient (Wildman–Crippen LogP) is 5.52. The maximum Gasteiger partial charge on any atom is 0.229 e. The summed E-state index contributed by atoms with van der Waals surface area (Å²) in [5, 5.41) is 6.63. The molecule has 0 radical (unpaired) electrons. The molecule has 0 aliphatic rings. The fourth-order valence-corrected chi connectivity index (χ4v) is 3.13. The molecule has 152 valence electrons. The number of benzene rings is 2. The minimum Gasteiger partial charge on any atom is -0.494 e. The van der Waals surface area contributed by atoms with Crippen LogP contribution in [-0.4, -0.2) is 29.7 Å². The number of ether oxygens (including phenoxy) is 1. The van der Waals surface area contributed by atoms with E-state index < -0.39 is 0 Å². The Labute approximate surface area is 173 Å². The first kappa shape index (κ1) is 20.5. The third kappa shape index (κ3) is 5.38. The first-order chi connectivity index (χ1) is 14.1. The topological polar surface area (TPSA) is 62.3 Å². The van der Waals surface area contributed by atoms with Gasteiger partial charge in [0.25, 0.3) is 0 Å². The first-order valence-electron chi connectivity index (χ1n) is 10.1. The van der Waals surface area contributed by atoms with Gasteiger partial charge in [-0.2, -0.15) is 4.98 Å². The van der Waals surface area contributed by atoms with Crippen LogP contribution in [0.25, 0.3) is 0 Å². The number of aryl methyl sites for hydroxylation is 1. The number of anilines is 5. The Morgan fingerprint density at radius 2 is 1.69 bits per heavy atom. The molecule has 0 unspecified atom stereocenters. The van der Waals surface area contributed by atoms with E-state index in [1.54, 1.807) is 6.20 Å². The van der Waals surface area contributed by atoms with Crippen molar-refractivity contribution in [2.45, 2.75) is 27.7 Å². The maximum absolute atomic E-state index is 5.47. The third-order valence-corrected chi connectivity index (χ3v) is 4.68. The molecule has 1 heterocycles.